The second-order valence-electron chi connectivity index (χ2n) is 3.65. The topological polar surface area (TPSA) is 26.0 Å². The van der Waals surface area contributed by atoms with Crippen LogP contribution in [0.15, 0.2) is 18.7 Å². The fraction of sp³-hybridized carbons (Fsp3) is 0.385. The Kier molecular flexibility index (Phi) is 3.34. The first-order valence-corrected chi connectivity index (χ1v) is 5.17. The number of benzene rings is 1. The molecule has 0 aliphatic rings. The quantitative estimate of drug-likeness (QED) is 0.724. The summed E-state index contributed by atoms with van der Waals surface area (Å²) in [4.78, 5) is 0. The molecule has 76 valence electrons. The zero-order valence-electron chi connectivity index (χ0n) is 9.35. The van der Waals surface area contributed by atoms with Crippen LogP contribution in [-0.2, 0) is 12.8 Å². The predicted molar refractivity (Wildman–Crippen MR) is 64.3 cm³/mol. The van der Waals surface area contributed by atoms with Crippen LogP contribution in [0.4, 0.5) is 5.69 Å². The van der Waals surface area contributed by atoms with Crippen molar-refractivity contribution in [3.63, 3.8) is 0 Å². The minimum absolute atomic E-state index is 0.916. The number of nitrogens with two attached hydrogens (primary N) is 1. The zero-order valence-corrected chi connectivity index (χ0v) is 9.35. The van der Waals surface area contributed by atoms with Crippen molar-refractivity contribution in [1.82, 2.24) is 0 Å². The van der Waals surface area contributed by atoms with E-state index in [1.165, 1.54) is 11.1 Å². The van der Waals surface area contributed by atoms with E-state index in [9.17, 15) is 0 Å². The Hall–Kier alpha value is -1.24. The summed E-state index contributed by atoms with van der Waals surface area (Å²) < 4.78 is 0. The molecular formula is C13H19N. The molecule has 0 unspecified atom stereocenters. The van der Waals surface area contributed by atoms with E-state index in [-0.39, 0.29) is 0 Å². The minimum Gasteiger partial charge on any atom is -0.398 e. The van der Waals surface area contributed by atoms with Crippen LogP contribution in [0.1, 0.15) is 37.5 Å². The van der Waals surface area contributed by atoms with Gasteiger partial charge < -0.3 is 5.73 Å². The van der Waals surface area contributed by atoms with Gasteiger partial charge in [0.2, 0.25) is 0 Å². The molecule has 0 radical (unpaired) electrons. The highest BCUT2D eigenvalue weighted by atomic mass is 14.6. The van der Waals surface area contributed by atoms with Crippen LogP contribution < -0.4 is 5.73 Å². The summed E-state index contributed by atoms with van der Waals surface area (Å²) >= 11 is 0. The molecule has 0 saturated carbocycles. The van der Waals surface area contributed by atoms with Gasteiger partial charge in [-0.2, -0.15) is 0 Å². The van der Waals surface area contributed by atoms with E-state index in [4.69, 9.17) is 5.73 Å². The van der Waals surface area contributed by atoms with Gasteiger partial charge in [0.15, 0.2) is 0 Å². The number of hydrogen-bond donors (Lipinski definition) is 1. The van der Waals surface area contributed by atoms with Crippen molar-refractivity contribution in [2.45, 2.75) is 33.6 Å². The van der Waals surface area contributed by atoms with Crippen molar-refractivity contribution >= 4 is 11.3 Å². The summed E-state index contributed by atoms with van der Waals surface area (Å²) in [6.07, 6.45) is 2.04. The Morgan fingerprint density at radius 3 is 2.36 bits per heavy atom. The monoisotopic (exact) mass is 189 g/mol. The lowest BCUT2D eigenvalue weighted by atomic mass is 9.95. The molecule has 0 aliphatic heterocycles. The number of nitrogen functional groups attached to an aromatic ring is 1. The summed E-state index contributed by atoms with van der Waals surface area (Å²) in [6.45, 7) is 10.2. The fourth-order valence-electron chi connectivity index (χ4n) is 1.83. The van der Waals surface area contributed by atoms with Crippen LogP contribution in [-0.4, -0.2) is 0 Å². The molecule has 0 heterocycles. The van der Waals surface area contributed by atoms with Crippen LogP contribution in [0.3, 0.4) is 0 Å². The highest BCUT2D eigenvalue weighted by molar-refractivity contribution is 5.75. The molecule has 0 bridgehead atoms. The summed E-state index contributed by atoms with van der Waals surface area (Å²) in [6, 6.07) is 4.24. The van der Waals surface area contributed by atoms with Crippen molar-refractivity contribution in [3.05, 3.63) is 35.4 Å². The zero-order chi connectivity index (χ0) is 10.7. The fourth-order valence-corrected chi connectivity index (χ4v) is 1.83. The third-order valence-electron chi connectivity index (χ3n) is 2.65. The largest absolute Gasteiger partial charge is 0.398 e. The number of anilines is 1. The first-order chi connectivity index (χ1) is 6.61. The third-order valence-corrected chi connectivity index (χ3v) is 2.65. The molecule has 1 nitrogen and oxygen atoms in total. The summed E-state index contributed by atoms with van der Waals surface area (Å²) in [5, 5.41) is 0. The van der Waals surface area contributed by atoms with Gasteiger partial charge in [0.25, 0.3) is 0 Å². The molecule has 14 heavy (non-hydrogen) atoms. The molecule has 1 heteroatoms. The normalized spacial score (nSPS) is 10.2. The van der Waals surface area contributed by atoms with E-state index >= 15 is 0 Å². The van der Waals surface area contributed by atoms with Gasteiger partial charge in [0.05, 0.1) is 0 Å². The van der Waals surface area contributed by atoms with Crippen LogP contribution >= 0.6 is 0 Å². The lowest BCUT2D eigenvalue weighted by molar-refractivity contribution is 1.04. The second kappa shape index (κ2) is 4.32. The Morgan fingerprint density at radius 1 is 1.29 bits per heavy atom. The average Bonchev–Trinajstić information content (AvgIpc) is 2.16. The van der Waals surface area contributed by atoms with E-state index in [1.54, 1.807) is 0 Å². The molecule has 0 saturated heterocycles. The Bertz CT molecular complexity index is 350. The van der Waals surface area contributed by atoms with Gasteiger partial charge in [-0.05, 0) is 36.5 Å². The maximum Gasteiger partial charge on any atom is 0.0425 e. The van der Waals surface area contributed by atoms with E-state index in [1.807, 2.05) is 6.92 Å². The van der Waals surface area contributed by atoms with Gasteiger partial charge in [-0.15, -0.1) is 0 Å². The summed E-state index contributed by atoms with van der Waals surface area (Å²) in [5.41, 5.74) is 11.8. The van der Waals surface area contributed by atoms with E-state index in [0.717, 1.165) is 29.7 Å². The van der Waals surface area contributed by atoms with E-state index in [2.05, 4.69) is 32.6 Å². The SMILES string of the molecule is C=C(C)c1ccc(CC)c(CC)c1N. The molecule has 0 fully saturated rings. The lowest BCUT2D eigenvalue weighted by Gasteiger charge is -2.13. The highest BCUT2D eigenvalue weighted by Crippen LogP contribution is 2.27. The molecular weight excluding hydrogens is 170 g/mol. The molecule has 1 aromatic rings. The molecule has 0 aromatic heterocycles. The first kappa shape index (κ1) is 10.8. The Labute approximate surface area is 86.6 Å². The second-order valence-corrected chi connectivity index (χ2v) is 3.65. The Morgan fingerprint density at radius 2 is 1.93 bits per heavy atom. The molecule has 1 rings (SSSR count). The molecule has 1 aromatic carbocycles. The smallest absolute Gasteiger partial charge is 0.0425 e. The Balaban J connectivity index is 3.34. The minimum atomic E-state index is 0.916. The van der Waals surface area contributed by atoms with Crippen molar-refractivity contribution in [1.29, 1.82) is 0 Å². The predicted octanol–water partition coefficient (Wildman–Crippen LogP) is 3.43. The van der Waals surface area contributed by atoms with Gasteiger partial charge in [0, 0.05) is 11.3 Å². The lowest BCUT2D eigenvalue weighted by Crippen LogP contribution is -2.01. The number of aryl methyl sites for hydroxylation is 1. The van der Waals surface area contributed by atoms with E-state index < -0.39 is 0 Å². The van der Waals surface area contributed by atoms with Crippen LogP contribution in [0.5, 0.6) is 0 Å². The summed E-state index contributed by atoms with van der Waals surface area (Å²) in [7, 11) is 0. The molecule has 2 N–H and O–H groups in total. The number of rotatable bonds is 3. The molecule has 0 amide bonds. The van der Waals surface area contributed by atoms with Crippen molar-refractivity contribution in [2.75, 3.05) is 5.73 Å². The van der Waals surface area contributed by atoms with Crippen molar-refractivity contribution in [3.8, 4) is 0 Å². The van der Waals surface area contributed by atoms with Gasteiger partial charge in [-0.1, -0.05) is 32.6 Å². The molecule has 0 spiro atoms. The van der Waals surface area contributed by atoms with Crippen LogP contribution in [0, 0.1) is 0 Å². The molecule has 0 atom stereocenters. The van der Waals surface area contributed by atoms with Gasteiger partial charge >= 0.3 is 0 Å². The number of allylic oxidation sites excluding steroid dienone is 1. The average molecular weight is 189 g/mol. The summed E-state index contributed by atoms with van der Waals surface area (Å²) in [5.74, 6) is 0. The van der Waals surface area contributed by atoms with Crippen LogP contribution in [0.2, 0.25) is 0 Å². The first-order valence-electron chi connectivity index (χ1n) is 5.17. The standard InChI is InChI=1S/C13H19N/c1-5-10-7-8-12(9(3)4)13(14)11(10)6-2/h7-8H,3,5-6,14H2,1-2,4H3. The molecule has 0 aliphatic carbocycles. The van der Waals surface area contributed by atoms with Crippen LogP contribution in [0.25, 0.3) is 5.57 Å². The van der Waals surface area contributed by atoms with Gasteiger partial charge in [0.1, 0.15) is 0 Å². The van der Waals surface area contributed by atoms with E-state index in [0.29, 0.717) is 0 Å². The maximum atomic E-state index is 6.11. The third kappa shape index (κ3) is 1.82. The van der Waals surface area contributed by atoms with Gasteiger partial charge in [-0.3, -0.25) is 0 Å². The van der Waals surface area contributed by atoms with Crippen molar-refractivity contribution < 1.29 is 0 Å². The number of hydrogen-bond acceptors (Lipinski definition) is 1. The van der Waals surface area contributed by atoms with Crippen molar-refractivity contribution in [2.24, 2.45) is 0 Å². The van der Waals surface area contributed by atoms with Gasteiger partial charge in [-0.25, -0.2) is 0 Å². The maximum absolute atomic E-state index is 6.11. The highest BCUT2D eigenvalue weighted by Gasteiger charge is 2.08.